The Bertz CT molecular complexity index is 451. The van der Waals surface area contributed by atoms with Crippen LogP contribution in [0, 0.1) is 18.6 Å². The van der Waals surface area contributed by atoms with Gasteiger partial charge in [-0.25, -0.2) is 8.78 Å². The first-order chi connectivity index (χ1) is 8.32. The second-order valence-electron chi connectivity index (χ2n) is 4.56. The zero-order valence-electron chi connectivity index (χ0n) is 11.1. The average Bonchev–Trinajstić information content (AvgIpc) is 2.30. The lowest BCUT2D eigenvalue weighted by Gasteiger charge is -2.18. The summed E-state index contributed by atoms with van der Waals surface area (Å²) in [7, 11) is -0.927. The molecule has 0 spiro atoms. The van der Waals surface area contributed by atoms with E-state index >= 15 is 0 Å². The first kappa shape index (κ1) is 15.2. The highest BCUT2D eigenvalue weighted by molar-refractivity contribution is 7.84. The molecule has 0 aromatic heterocycles. The number of hydrogen-bond donors (Lipinski definition) is 1. The average molecular weight is 275 g/mol. The third kappa shape index (κ3) is 3.85. The van der Waals surface area contributed by atoms with Gasteiger partial charge in [0.1, 0.15) is 11.6 Å². The van der Waals surface area contributed by atoms with Gasteiger partial charge in [-0.3, -0.25) is 4.21 Å². The minimum Gasteiger partial charge on any atom is -0.309 e. The molecule has 3 atom stereocenters. The van der Waals surface area contributed by atoms with Crippen molar-refractivity contribution in [3.8, 4) is 0 Å². The summed E-state index contributed by atoms with van der Waals surface area (Å²) in [5, 5.41) is 3.05. The molecule has 0 saturated heterocycles. The van der Waals surface area contributed by atoms with E-state index in [0.717, 1.165) is 0 Å². The van der Waals surface area contributed by atoms with Crippen LogP contribution in [-0.4, -0.2) is 22.3 Å². The van der Waals surface area contributed by atoms with Gasteiger partial charge in [0.25, 0.3) is 0 Å². The lowest BCUT2D eigenvalue weighted by atomic mass is 10.0. The largest absolute Gasteiger partial charge is 0.309 e. The van der Waals surface area contributed by atoms with E-state index in [-0.39, 0.29) is 11.3 Å². The molecule has 2 nitrogen and oxygen atoms in total. The molecule has 1 aromatic carbocycles. The minimum atomic E-state index is -0.927. The van der Waals surface area contributed by atoms with Crippen LogP contribution in [0.2, 0.25) is 0 Å². The predicted molar refractivity (Wildman–Crippen MR) is 71.0 cm³/mol. The molecule has 0 bridgehead atoms. The van der Waals surface area contributed by atoms with Crippen LogP contribution >= 0.6 is 0 Å². The minimum absolute atomic E-state index is 0.0224. The van der Waals surface area contributed by atoms with Gasteiger partial charge in [-0.05, 0) is 38.5 Å². The lowest BCUT2D eigenvalue weighted by molar-refractivity contribution is 0.516. The normalized spacial score (nSPS) is 16.3. The summed E-state index contributed by atoms with van der Waals surface area (Å²) in [4.78, 5) is 0. The number of nitrogens with one attached hydrogen (secondary N) is 1. The van der Waals surface area contributed by atoms with Crippen LogP contribution in [0.1, 0.15) is 31.0 Å². The van der Waals surface area contributed by atoms with Crippen molar-refractivity contribution < 1.29 is 13.0 Å². The van der Waals surface area contributed by atoms with E-state index in [4.69, 9.17) is 0 Å². The van der Waals surface area contributed by atoms with Crippen molar-refractivity contribution in [2.45, 2.75) is 32.1 Å². The lowest BCUT2D eigenvalue weighted by Crippen LogP contribution is -2.30. The molecule has 0 amide bonds. The first-order valence-corrected chi connectivity index (χ1v) is 7.46. The van der Waals surface area contributed by atoms with Crippen molar-refractivity contribution in [3.63, 3.8) is 0 Å². The molecule has 102 valence electrons. The number of aryl methyl sites for hydroxylation is 1. The highest BCUT2D eigenvalue weighted by atomic mass is 32.2. The SMILES string of the molecule is Cc1cc(F)c(C(C)NCC(C)S(C)=O)cc1F. The van der Waals surface area contributed by atoms with Crippen molar-refractivity contribution in [2.24, 2.45) is 0 Å². The Morgan fingerprint density at radius 2 is 1.89 bits per heavy atom. The van der Waals surface area contributed by atoms with Crippen molar-refractivity contribution in [2.75, 3.05) is 12.8 Å². The van der Waals surface area contributed by atoms with Gasteiger partial charge < -0.3 is 5.32 Å². The molecular weight excluding hydrogens is 256 g/mol. The first-order valence-electron chi connectivity index (χ1n) is 5.84. The van der Waals surface area contributed by atoms with Crippen LogP contribution in [-0.2, 0) is 10.8 Å². The fourth-order valence-electron chi connectivity index (χ4n) is 1.56. The number of rotatable bonds is 5. The van der Waals surface area contributed by atoms with E-state index in [1.54, 1.807) is 13.2 Å². The van der Waals surface area contributed by atoms with Crippen LogP contribution < -0.4 is 5.32 Å². The molecule has 0 aliphatic rings. The summed E-state index contributed by atoms with van der Waals surface area (Å²) in [6, 6.07) is 2.10. The molecule has 0 radical (unpaired) electrons. The van der Waals surface area contributed by atoms with Gasteiger partial charge in [0.15, 0.2) is 0 Å². The monoisotopic (exact) mass is 275 g/mol. The van der Waals surface area contributed by atoms with Gasteiger partial charge in [-0.1, -0.05) is 0 Å². The molecule has 0 aliphatic heterocycles. The Kier molecular flexibility index (Phi) is 5.41. The summed E-state index contributed by atoms with van der Waals surface area (Å²) in [6.45, 7) is 5.64. The number of hydrogen-bond acceptors (Lipinski definition) is 2. The van der Waals surface area contributed by atoms with Crippen LogP contribution in [0.25, 0.3) is 0 Å². The van der Waals surface area contributed by atoms with Crippen molar-refractivity contribution in [1.29, 1.82) is 0 Å². The van der Waals surface area contributed by atoms with Crippen LogP contribution in [0.3, 0.4) is 0 Å². The van der Waals surface area contributed by atoms with Gasteiger partial charge in [0.2, 0.25) is 0 Å². The Hall–Kier alpha value is -0.810. The fourth-order valence-corrected chi connectivity index (χ4v) is 1.89. The molecule has 5 heteroatoms. The summed E-state index contributed by atoms with van der Waals surface area (Å²) in [6.07, 6.45) is 1.63. The zero-order valence-corrected chi connectivity index (χ0v) is 11.9. The van der Waals surface area contributed by atoms with Crippen molar-refractivity contribution in [3.05, 3.63) is 34.9 Å². The number of benzene rings is 1. The van der Waals surface area contributed by atoms with Crippen molar-refractivity contribution in [1.82, 2.24) is 5.32 Å². The second kappa shape index (κ2) is 6.38. The van der Waals surface area contributed by atoms with Crippen LogP contribution in [0.15, 0.2) is 12.1 Å². The van der Waals surface area contributed by atoms with Gasteiger partial charge >= 0.3 is 0 Å². The maximum Gasteiger partial charge on any atom is 0.128 e. The Balaban J connectivity index is 2.75. The fraction of sp³-hybridized carbons (Fsp3) is 0.538. The molecule has 3 unspecified atom stereocenters. The standard InChI is InChI=1S/C13H19F2NOS/c1-8-5-13(15)11(6-12(8)14)10(3)16-7-9(2)18(4)17/h5-6,9-10,16H,7H2,1-4H3. The Labute approximate surface area is 109 Å². The topological polar surface area (TPSA) is 29.1 Å². The van der Waals surface area contributed by atoms with E-state index in [1.807, 2.05) is 6.92 Å². The van der Waals surface area contributed by atoms with Crippen molar-refractivity contribution >= 4 is 10.8 Å². The maximum absolute atomic E-state index is 13.7. The molecule has 0 saturated carbocycles. The Morgan fingerprint density at radius 1 is 1.28 bits per heavy atom. The smallest absolute Gasteiger partial charge is 0.128 e. The predicted octanol–water partition coefficient (Wildman–Crippen LogP) is 2.69. The zero-order chi connectivity index (χ0) is 13.9. The van der Waals surface area contributed by atoms with Gasteiger partial charge in [-0.2, -0.15) is 0 Å². The van der Waals surface area contributed by atoms with E-state index in [9.17, 15) is 13.0 Å². The van der Waals surface area contributed by atoms with E-state index in [0.29, 0.717) is 17.7 Å². The molecule has 0 heterocycles. The number of halogens is 2. The molecule has 1 rings (SSSR count). The molecule has 0 fully saturated rings. The maximum atomic E-state index is 13.7. The van der Waals surface area contributed by atoms with Gasteiger partial charge in [0.05, 0.1) is 0 Å². The quantitative estimate of drug-likeness (QED) is 0.895. The van der Waals surface area contributed by atoms with Crippen LogP contribution in [0.4, 0.5) is 8.78 Å². The Morgan fingerprint density at radius 3 is 2.44 bits per heavy atom. The van der Waals surface area contributed by atoms with Gasteiger partial charge in [0, 0.05) is 40.5 Å². The summed E-state index contributed by atoms with van der Waals surface area (Å²) in [5.74, 6) is -0.827. The van der Waals surface area contributed by atoms with E-state index < -0.39 is 22.4 Å². The van der Waals surface area contributed by atoms with Crippen LogP contribution in [0.5, 0.6) is 0 Å². The van der Waals surface area contributed by atoms with E-state index in [2.05, 4.69) is 5.32 Å². The summed E-state index contributed by atoms with van der Waals surface area (Å²) < 4.78 is 38.3. The molecule has 1 aromatic rings. The van der Waals surface area contributed by atoms with E-state index in [1.165, 1.54) is 19.1 Å². The molecule has 18 heavy (non-hydrogen) atoms. The second-order valence-corrected chi connectivity index (χ2v) is 6.36. The molecule has 1 N–H and O–H groups in total. The highest BCUT2D eigenvalue weighted by Gasteiger charge is 2.15. The summed E-state index contributed by atoms with van der Waals surface area (Å²) in [5.41, 5.74) is 0.596. The highest BCUT2D eigenvalue weighted by Crippen LogP contribution is 2.20. The summed E-state index contributed by atoms with van der Waals surface area (Å²) >= 11 is 0. The third-order valence-electron chi connectivity index (χ3n) is 3.02. The molecule has 0 aliphatic carbocycles. The van der Waals surface area contributed by atoms with Gasteiger partial charge in [-0.15, -0.1) is 0 Å². The molecular formula is C13H19F2NOS. The third-order valence-corrected chi connectivity index (χ3v) is 4.32.